The summed E-state index contributed by atoms with van der Waals surface area (Å²) in [5.74, 6) is 0.539. The Bertz CT molecular complexity index is 628. The smallest absolute Gasteiger partial charge is 0.266 e. The highest BCUT2D eigenvalue weighted by Crippen LogP contribution is 2.16. The molecule has 0 aliphatic carbocycles. The van der Waals surface area contributed by atoms with Crippen molar-refractivity contribution in [3.8, 4) is 11.8 Å². The molecule has 0 aromatic heterocycles. The van der Waals surface area contributed by atoms with E-state index in [1.165, 1.54) is 6.20 Å². The molecular weight excluding hydrogens is 318 g/mol. The maximum absolute atomic E-state index is 12.5. The Morgan fingerprint density at radius 3 is 2.56 bits per heavy atom. The lowest BCUT2D eigenvalue weighted by Crippen LogP contribution is -2.50. The van der Waals surface area contributed by atoms with Gasteiger partial charge >= 0.3 is 0 Å². The molecule has 0 spiro atoms. The van der Waals surface area contributed by atoms with E-state index in [-0.39, 0.29) is 11.5 Å². The first-order valence-corrected chi connectivity index (χ1v) is 8.49. The third-order valence-electron chi connectivity index (χ3n) is 4.00. The average Bonchev–Trinajstić information content (AvgIpc) is 2.64. The van der Waals surface area contributed by atoms with Crippen LogP contribution in [0.25, 0.3) is 0 Å². The van der Waals surface area contributed by atoms with Crippen LogP contribution in [-0.4, -0.2) is 61.6 Å². The van der Waals surface area contributed by atoms with Crippen molar-refractivity contribution in [3.05, 3.63) is 36.0 Å². The lowest BCUT2D eigenvalue weighted by molar-refractivity contribution is -0.128. The number of ether oxygens (including phenoxy) is 1. The number of rotatable bonds is 7. The summed E-state index contributed by atoms with van der Waals surface area (Å²) in [4.78, 5) is 16.4. The van der Waals surface area contributed by atoms with E-state index in [4.69, 9.17) is 10.5 Å². The fourth-order valence-corrected chi connectivity index (χ4v) is 2.64. The second-order valence-corrected chi connectivity index (χ2v) is 5.69. The van der Waals surface area contributed by atoms with Gasteiger partial charge in [-0.1, -0.05) is 0 Å². The van der Waals surface area contributed by atoms with Crippen molar-refractivity contribution in [2.24, 2.45) is 5.73 Å². The van der Waals surface area contributed by atoms with Crippen molar-refractivity contribution in [2.45, 2.75) is 6.92 Å². The van der Waals surface area contributed by atoms with Crippen molar-refractivity contribution in [1.82, 2.24) is 9.80 Å². The molecule has 1 heterocycles. The van der Waals surface area contributed by atoms with E-state index < -0.39 is 0 Å². The van der Waals surface area contributed by atoms with Gasteiger partial charge in [0, 0.05) is 51.2 Å². The highest BCUT2D eigenvalue weighted by atomic mass is 16.5. The summed E-state index contributed by atoms with van der Waals surface area (Å²) in [6, 6.07) is 9.34. The molecule has 0 unspecified atom stereocenters. The number of hydrogen-bond acceptors (Lipinski definition) is 6. The summed E-state index contributed by atoms with van der Waals surface area (Å²) in [5.41, 5.74) is 6.44. The minimum Gasteiger partial charge on any atom is -0.494 e. The van der Waals surface area contributed by atoms with Gasteiger partial charge in [0.1, 0.15) is 17.4 Å². The molecule has 1 aliphatic rings. The Morgan fingerprint density at radius 1 is 1.32 bits per heavy atom. The predicted octanol–water partition coefficient (Wildman–Crippen LogP) is 1.01. The molecular formula is C18H25N5O2. The zero-order valence-corrected chi connectivity index (χ0v) is 14.6. The van der Waals surface area contributed by atoms with Gasteiger partial charge in [0.25, 0.3) is 5.91 Å². The third kappa shape index (κ3) is 5.48. The number of nitrogens with two attached hydrogens (primary N) is 1. The predicted molar refractivity (Wildman–Crippen MR) is 97.0 cm³/mol. The van der Waals surface area contributed by atoms with E-state index in [1.54, 1.807) is 4.90 Å². The first-order chi connectivity index (χ1) is 12.2. The Morgan fingerprint density at radius 2 is 2.00 bits per heavy atom. The monoisotopic (exact) mass is 343 g/mol. The van der Waals surface area contributed by atoms with Crippen LogP contribution >= 0.6 is 0 Å². The van der Waals surface area contributed by atoms with E-state index >= 15 is 0 Å². The molecule has 2 rings (SSSR count). The van der Waals surface area contributed by atoms with Gasteiger partial charge in [-0.15, -0.1) is 0 Å². The number of carbonyl (C=O) groups excluding carboxylic acids is 1. The van der Waals surface area contributed by atoms with Crippen molar-refractivity contribution in [3.63, 3.8) is 0 Å². The van der Waals surface area contributed by atoms with Gasteiger partial charge in [-0.3, -0.25) is 9.69 Å². The maximum Gasteiger partial charge on any atom is 0.266 e. The molecule has 7 nitrogen and oxygen atoms in total. The summed E-state index contributed by atoms with van der Waals surface area (Å²) < 4.78 is 5.38. The SMILES string of the molecule is CCOc1ccc(N/C=C(/C#N)C(=O)N2CCN(CCN)CC2)cc1. The van der Waals surface area contributed by atoms with Gasteiger partial charge in [-0.2, -0.15) is 5.26 Å². The lowest BCUT2D eigenvalue weighted by Gasteiger charge is -2.34. The number of hydrogen-bond donors (Lipinski definition) is 2. The van der Waals surface area contributed by atoms with Crippen molar-refractivity contribution in [1.29, 1.82) is 5.26 Å². The summed E-state index contributed by atoms with van der Waals surface area (Å²) in [6.07, 6.45) is 1.46. The van der Waals surface area contributed by atoms with E-state index in [2.05, 4.69) is 10.2 Å². The van der Waals surface area contributed by atoms with E-state index in [9.17, 15) is 10.1 Å². The summed E-state index contributed by atoms with van der Waals surface area (Å²) in [7, 11) is 0. The van der Waals surface area contributed by atoms with Crippen molar-refractivity contribution >= 4 is 11.6 Å². The number of benzene rings is 1. The fourth-order valence-electron chi connectivity index (χ4n) is 2.64. The highest BCUT2D eigenvalue weighted by molar-refractivity contribution is 5.97. The highest BCUT2D eigenvalue weighted by Gasteiger charge is 2.23. The molecule has 0 bridgehead atoms. The molecule has 25 heavy (non-hydrogen) atoms. The summed E-state index contributed by atoms with van der Waals surface area (Å²) in [5, 5.41) is 12.3. The molecule has 1 aliphatic heterocycles. The molecule has 7 heteroatoms. The second-order valence-electron chi connectivity index (χ2n) is 5.69. The largest absolute Gasteiger partial charge is 0.494 e. The van der Waals surface area contributed by atoms with Crippen molar-refractivity contribution in [2.75, 3.05) is 51.2 Å². The van der Waals surface area contributed by atoms with E-state index in [0.29, 0.717) is 26.2 Å². The third-order valence-corrected chi connectivity index (χ3v) is 4.00. The van der Waals surface area contributed by atoms with Gasteiger partial charge in [0.2, 0.25) is 0 Å². The van der Waals surface area contributed by atoms with Gasteiger partial charge in [-0.05, 0) is 31.2 Å². The van der Waals surface area contributed by atoms with Crippen LogP contribution in [0.15, 0.2) is 36.0 Å². The number of anilines is 1. The first kappa shape index (κ1) is 18.8. The fraction of sp³-hybridized carbons (Fsp3) is 0.444. The summed E-state index contributed by atoms with van der Waals surface area (Å²) in [6.45, 7) is 6.78. The van der Waals surface area contributed by atoms with E-state index in [0.717, 1.165) is 31.1 Å². The van der Waals surface area contributed by atoms with E-state index in [1.807, 2.05) is 37.3 Å². The second kappa shape index (κ2) is 9.67. The van der Waals surface area contributed by atoms with Gasteiger partial charge in [-0.25, -0.2) is 0 Å². The molecule has 134 valence electrons. The van der Waals surface area contributed by atoms with Gasteiger partial charge in [0.05, 0.1) is 6.61 Å². The van der Waals surface area contributed by atoms with Gasteiger partial charge < -0.3 is 20.7 Å². The minimum absolute atomic E-state index is 0.0983. The molecule has 1 fully saturated rings. The molecule has 1 aromatic carbocycles. The Balaban J connectivity index is 1.93. The van der Waals surface area contributed by atoms with Crippen molar-refractivity contribution < 1.29 is 9.53 Å². The molecule has 0 radical (unpaired) electrons. The Kier molecular flexibility index (Phi) is 7.26. The normalized spacial score (nSPS) is 15.6. The van der Waals surface area contributed by atoms with Crippen LogP contribution < -0.4 is 15.8 Å². The first-order valence-electron chi connectivity index (χ1n) is 8.49. The van der Waals surface area contributed by atoms with Crippen LogP contribution in [0.3, 0.4) is 0 Å². The number of nitrogens with zero attached hydrogens (tertiary/aromatic N) is 3. The number of nitrogens with one attached hydrogen (secondary N) is 1. The quantitative estimate of drug-likeness (QED) is 0.567. The number of carbonyl (C=O) groups is 1. The summed E-state index contributed by atoms with van der Waals surface area (Å²) >= 11 is 0. The van der Waals surface area contributed by atoms with Crippen LogP contribution in [0, 0.1) is 11.3 Å². The topological polar surface area (TPSA) is 94.6 Å². The molecule has 0 atom stereocenters. The zero-order chi connectivity index (χ0) is 18.1. The molecule has 0 saturated carbocycles. The molecule has 3 N–H and O–H groups in total. The standard InChI is InChI=1S/C18H25N5O2/c1-2-25-17-5-3-16(4-6-17)21-14-15(13-20)18(24)23-11-9-22(8-7-19)10-12-23/h3-6,14,21H,2,7-12,19H2,1H3/b15-14-. The number of nitriles is 1. The maximum atomic E-state index is 12.5. The molecule has 1 aromatic rings. The zero-order valence-electron chi connectivity index (χ0n) is 14.6. The Hall–Kier alpha value is -2.56. The lowest BCUT2D eigenvalue weighted by atomic mass is 10.2. The average molecular weight is 343 g/mol. The minimum atomic E-state index is -0.242. The van der Waals surface area contributed by atoms with Crippen LogP contribution in [0.4, 0.5) is 5.69 Å². The van der Waals surface area contributed by atoms with Crippen LogP contribution in [-0.2, 0) is 4.79 Å². The molecule has 1 amide bonds. The number of amides is 1. The van der Waals surface area contributed by atoms with Crippen LogP contribution in [0.1, 0.15) is 6.92 Å². The van der Waals surface area contributed by atoms with Gasteiger partial charge in [0.15, 0.2) is 0 Å². The Labute approximate surface area is 148 Å². The number of piperazine rings is 1. The van der Waals surface area contributed by atoms with Crippen LogP contribution in [0.2, 0.25) is 0 Å². The molecule has 1 saturated heterocycles. The van der Waals surface area contributed by atoms with Crippen LogP contribution in [0.5, 0.6) is 5.75 Å².